The van der Waals surface area contributed by atoms with Gasteiger partial charge in [-0.15, -0.1) is 0 Å². The van der Waals surface area contributed by atoms with Crippen molar-refractivity contribution in [3.05, 3.63) is 65.4 Å². The summed E-state index contributed by atoms with van der Waals surface area (Å²) >= 11 is 0. The second kappa shape index (κ2) is 9.91. The number of nitrogens with zero attached hydrogens (tertiary/aromatic N) is 1. The summed E-state index contributed by atoms with van der Waals surface area (Å²) < 4.78 is 0. The van der Waals surface area contributed by atoms with E-state index in [1.165, 1.54) is 23.8 Å². The molecule has 2 N–H and O–H groups in total. The van der Waals surface area contributed by atoms with E-state index in [0.717, 1.165) is 68.4 Å². The first-order chi connectivity index (χ1) is 13.2. The highest BCUT2D eigenvalue weighted by molar-refractivity contribution is 5.89. The van der Waals surface area contributed by atoms with Gasteiger partial charge in [0.15, 0.2) is 0 Å². The lowest BCUT2D eigenvalue weighted by Crippen LogP contribution is -2.13. The Morgan fingerprint density at radius 1 is 1.07 bits per heavy atom. The number of carboxylic acids is 1. The van der Waals surface area contributed by atoms with Gasteiger partial charge in [0.2, 0.25) is 0 Å². The van der Waals surface area contributed by atoms with Crippen molar-refractivity contribution < 1.29 is 9.90 Å². The molecule has 0 radical (unpaired) electrons. The van der Waals surface area contributed by atoms with E-state index in [4.69, 9.17) is 10.1 Å². The molecule has 0 spiro atoms. The van der Waals surface area contributed by atoms with Crippen LogP contribution in [0.4, 0.5) is 5.82 Å². The highest BCUT2D eigenvalue weighted by Crippen LogP contribution is 2.23. The minimum Gasteiger partial charge on any atom is -0.478 e. The Morgan fingerprint density at radius 3 is 2.70 bits per heavy atom. The van der Waals surface area contributed by atoms with E-state index in [9.17, 15) is 4.79 Å². The number of nitrogens with one attached hydrogen (secondary N) is 1. The van der Waals surface area contributed by atoms with Crippen LogP contribution < -0.4 is 5.32 Å². The molecular weight excluding hydrogens is 336 g/mol. The second-order valence-corrected chi connectivity index (χ2v) is 7.13. The largest absolute Gasteiger partial charge is 0.478 e. The molecule has 1 aromatic heterocycles. The Labute approximate surface area is 161 Å². The van der Waals surface area contributed by atoms with Gasteiger partial charge in [0.05, 0.1) is 0 Å². The lowest BCUT2D eigenvalue weighted by Gasteiger charge is -2.17. The van der Waals surface area contributed by atoms with E-state index in [1.807, 2.05) is 30.3 Å². The molecule has 4 nitrogen and oxygen atoms in total. The van der Waals surface area contributed by atoms with Gasteiger partial charge in [0.1, 0.15) is 5.82 Å². The molecule has 27 heavy (non-hydrogen) atoms. The number of pyridine rings is 1. The van der Waals surface area contributed by atoms with Crippen molar-refractivity contribution in [2.45, 2.75) is 51.4 Å². The van der Waals surface area contributed by atoms with Crippen LogP contribution in [0.1, 0.15) is 55.3 Å². The first kappa shape index (κ1) is 19.2. The molecular formula is C23H28N2O2. The quantitative estimate of drug-likeness (QED) is 0.480. The standard InChI is InChI=1S/C23H28N2O2/c26-22(27)17-20(18-9-5-3-6-10-18)11-4-1-2-7-13-21-15-14-19-12-8-16-24-23(19)25-21/h3,5-6,9-10,14-15,17H,1-2,4,7-8,11-13,16H2,(H,24,25)(H,26,27). The van der Waals surface area contributed by atoms with Gasteiger partial charge >= 0.3 is 5.97 Å². The monoisotopic (exact) mass is 364 g/mol. The van der Waals surface area contributed by atoms with E-state index in [2.05, 4.69) is 17.4 Å². The number of benzene rings is 1. The minimum atomic E-state index is -0.874. The average molecular weight is 364 g/mol. The molecule has 0 saturated heterocycles. The number of hydrogen-bond acceptors (Lipinski definition) is 3. The van der Waals surface area contributed by atoms with Gasteiger partial charge in [-0.1, -0.05) is 49.2 Å². The summed E-state index contributed by atoms with van der Waals surface area (Å²) in [5.74, 6) is 0.200. The Morgan fingerprint density at radius 2 is 1.89 bits per heavy atom. The Hall–Kier alpha value is -2.62. The SMILES string of the molecule is O=C(O)C=C(CCCCCCc1ccc2c(n1)NCCC2)c1ccccc1. The van der Waals surface area contributed by atoms with Crippen LogP contribution >= 0.6 is 0 Å². The van der Waals surface area contributed by atoms with Gasteiger partial charge in [-0.3, -0.25) is 0 Å². The number of hydrogen-bond donors (Lipinski definition) is 2. The molecule has 0 aliphatic carbocycles. The first-order valence-corrected chi connectivity index (χ1v) is 9.94. The zero-order chi connectivity index (χ0) is 18.9. The molecule has 0 fully saturated rings. The van der Waals surface area contributed by atoms with Crippen molar-refractivity contribution in [3.8, 4) is 0 Å². The first-order valence-electron chi connectivity index (χ1n) is 9.94. The molecule has 0 amide bonds. The maximum absolute atomic E-state index is 11.1. The van der Waals surface area contributed by atoms with Crippen molar-refractivity contribution in [2.75, 3.05) is 11.9 Å². The second-order valence-electron chi connectivity index (χ2n) is 7.13. The number of aryl methyl sites for hydroxylation is 2. The average Bonchev–Trinajstić information content (AvgIpc) is 2.70. The van der Waals surface area contributed by atoms with Crippen molar-refractivity contribution in [2.24, 2.45) is 0 Å². The van der Waals surface area contributed by atoms with Gasteiger partial charge in [-0.25, -0.2) is 9.78 Å². The number of carboxylic acid groups (broad SMARTS) is 1. The molecule has 0 bridgehead atoms. The molecule has 1 aliphatic heterocycles. The smallest absolute Gasteiger partial charge is 0.328 e. The van der Waals surface area contributed by atoms with Crippen molar-refractivity contribution in [1.82, 2.24) is 4.98 Å². The number of aliphatic carboxylic acids is 1. The molecule has 1 aliphatic rings. The predicted octanol–water partition coefficient (Wildman–Crippen LogP) is 5.10. The fraction of sp³-hybridized carbons (Fsp3) is 0.391. The maximum atomic E-state index is 11.1. The third-order valence-corrected chi connectivity index (χ3v) is 5.02. The van der Waals surface area contributed by atoms with E-state index in [0.29, 0.717) is 0 Å². The Kier molecular flexibility index (Phi) is 7.03. The lowest BCUT2D eigenvalue weighted by molar-refractivity contribution is -0.131. The van der Waals surface area contributed by atoms with Crippen LogP contribution in [0.25, 0.3) is 5.57 Å². The summed E-state index contributed by atoms with van der Waals surface area (Å²) in [6.07, 6.45) is 9.84. The van der Waals surface area contributed by atoms with Crippen LogP contribution in [0, 0.1) is 0 Å². The van der Waals surface area contributed by atoms with Gasteiger partial charge < -0.3 is 10.4 Å². The summed E-state index contributed by atoms with van der Waals surface area (Å²) in [5, 5.41) is 12.5. The third-order valence-electron chi connectivity index (χ3n) is 5.02. The van der Waals surface area contributed by atoms with E-state index < -0.39 is 5.97 Å². The Balaban J connectivity index is 1.41. The number of rotatable bonds is 9. The highest BCUT2D eigenvalue weighted by atomic mass is 16.4. The van der Waals surface area contributed by atoms with Crippen molar-refractivity contribution in [3.63, 3.8) is 0 Å². The van der Waals surface area contributed by atoms with Crippen LogP contribution in [-0.2, 0) is 17.6 Å². The van der Waals surface area contributed by atoms with Gasteiger partial charge in [-0.05, 0) is 61.3 Å². The summed E-state index contributed by atoms with van der Waals surface area (Å²) in [4.78, 5) is 15.8. The maximum Gasteiger partial charge on any atom is 0.328 e. The molecule has 142 valence electrons. The molecule has 0 saturated carbocycles. The number of allylic oxidation sites excluding steroid dienone is 1. The van der Waals surface area contributed by atoms with Crippen molar-refractivity contribution in [1.29, 1.82) is 0 Å². The van der Waals surface area contributed by atoms with Gasteiger partial charge in [0.25, 0.3) is 0 Å². The lowest BCUT2D eigenvalue weighted by atomic mass is 9.98. The Bertz CT molecular complexity index is 784. The summed E-state index contributed by atoms with van der Waals surface area (Å²) in [5.41, 5.74) is 4.42. The van der Waals surface area contributed by atoms with Crippen LogP contribution in [0.3, 0.4) is 0 Å². The van der Waals surface area contributed by atoms with Gasteiger partial charge in [-0.2, -0.15) is 0 Å². The number of anilines is 1. The molecule has 1 aromatic carbocycles. The third kappa shape index (κ3) is 5.95. The van der Waals surface area contributed by atoms with Crippen LogP contribution in [0.2, 0.25) is 0 Å². The molecule has 0 atom stereocenters. The fourth-order valence-corrected chi connectivity index (χ4v) is 3.58. The van der Waals surface area contributed by atoms with Gasteiger partial charge in [0, 0.05) is 18.3 Å². The van der Waals surface area contributed by atoms with Crippen molar-refractivity contribution >= 4 is 17.4 Å². The highest BCUT2D eigenvalue weighted by Gasteiger charge is 2.10. The van der Waals surface area contributed by atoms with E-state index in [1.54, 1.807) is 0 Å². The number of carbonyl (C=O) groups is 1. The van der Waals surface area contributed by atoms with Crippen LogP contribution in [0.5, 0.6) is 0 Å². The molecule has 4 heteroatoms. The number of aromatic nitrogens is 1. The molecule has 0 unspecified atom stereocenters. The number of unbranched alkanes of at least 4 members (excludes halogenated alkanes) is 3. The topological polar surface area (TPSA) is 62.2 Å². The number of fused-ring (bicyclic) bond motifs is 1. The minimum absolute atomic E-state index is 0.803. The predicted molar refractivity (Wildman–Crippen MR) is 110 cm³/mol. The van der Waals surface area contributed by atoms with Crippen LogP contribution in [0.15, 0.2) is 48.5 Å². The zero-order valence-electron chi connectivity index (χ0n) is 15.8. The molecule has 3 rings (SSSR count). The fourth-order valence-electron chi connectivity index (χ4n) is 3.58. The molecule has 2 heterocycles. The molecule has 2 aromatic rings. The van der Waals surface area contributed by atoms with E-state index in [-0.39, 0.29) is 0 Å². The van der Waals surface area contributed by atoms with Crippen LogP contribution in [-0.4, -0.2) is 22.6 Å². The zero-order valence-corrected chi connectivity index (χ0v) is 15.8. The summed E-state index contributed by atoms with van der Waals surface area (Å²) in [6, 6.07) is 14.2. The van der Waals surface area contributed by atoms with E-state index >= 15 is 0 Å². The normalized spacial score (nSPS) is 13.7. The summed E-state index contributed by atoms with van der Waals surface area (Å²) in [7, 11) is 0. The summed E-state index contributed by atoms with van der Waals surface area (Å²) in [6.45, 7) is 1.02.